The maximum Gasteiger partial charge on any atom is 0.264 e. The van der Waals surface area contributed by atoms with Crippen LogP contribution in [-0.4, -0.2) is 25.0 Å². The highest BCUT2D eigenvalue weighted by Gasteiger charge is 2.20. The predicted octanol–water partition coefficient (Wildman–Crippen LogP) is 5.38. The molecule has 0 atom stereocenters. The van der Waals surface area contributed by atoms with Gasteiger partial charge in [0.1, 0.15) is 11.5 Å². The van der Waals surface area contributed by atoms with E-state index in [-0.39, 0.29) is 16.6 Å². The minimum absolute atomic E-state index is 0.00416. The van der Waals surface area contributed by atoms with Crippen LogP contribution in [0.25, 0.3) is 11.0 Å². The first kappa shape index (κ1) is 21.1. The van der Waals surface area contributed by atoms with Crippen molar-refractivity contribution < 1.29 is 17.9 Å². The predicted molar refractivity (Wildman–Crippen MR) is 122 cm³/mol. The van der Waals surface area contributed by atoms with Gasteiger partial charge in [-0.1, -0.05) is 28.1 Å². The van der Waals surface area contributed by atoms with Gasteiger partial charge >= 0.3 is 0 Å². The topological polar surface area (TPSA) is 90.4 Å². The van der Waals surface area contributed by atoms with E-state index in [4.69, 9.17) is 9.47 Å². The molecule has 0 fully saturated rings. The first-order valence-corrected chi connectivity index (χ1v) is 11.7. The number of hydrogen-bond acceptors (Lipinski definition) is 6. The Balaban J connectivity index is 1.71. The zero-order chi connectivity index (χ0) is 21.8. The Hall–Kier alpha value is -3.17. The van der Waals surface area contributed by atoms with Crippen LogP contribution in [0.1, 0.15) is 6.92 Å². The molecular weight excluding hydrogens is 482 g/mol. The van der Waals surface area contributed by atoms with Gasteiger partial charge in [0.2, 0.25) is 5.82 Å². The lowest BCUT2D eigenvalue weighted by atomic mass is 10.3. The first-order chi connectivity index (χ1) is 14.9. The molecule has 0 amide bonds. The molecular formula is C22H18BrN3O4S. The number of benzene rings is 3. The number of anilines is 1. The number of aromatic nitrogens is 2. The van der Waals surface area contributed by atoms with Gasteiger partial charge < -0.3 is 9.47 Å². The summed E-state index contributed by atoms with van der Waals surface area (Å²) in [6.45, 7) is 2.35. The minimum Gasteiger partial charge on any atom is -0.494 e. The van der Waals surface area contributed by atoms with Crippen LogP contribution in [0, 0.1) is 0 Å². The standard InChI is InChI=1S/C22H18BrN3O4S/c1-2-29-16-11-13-18(14-12-16)31(27,28)26-21-22(30-17-9-7-15(23)8-10-17)25-20-6-4-3-5-19(20)24-21/h3-14H,2H2,1H3,(H,24,26). The van der Waals surface area contributed by atoms with Crippen molar-refractivity contribution in [3.8, 4) is 17.4 Å². The lowest BCUT2D eigenvalue weighted by molar-refractivity contribution is 0.340. The molecule has 7 nitrogen and oxygen atoms in total. The third-order valence-corrected chi connectivity index (χ3v) is 6.13. The third kappa shape index (κ3) is 4.95. The molecule has 0 unspecified atom stereocenters. The Morgan fingerprint density at radius 2 is 1.48 bits per heavy atom. The minimum atomic E-state index is -3.93. The monoisotopic (exact) mass is 499 g/mol. The van der Waals surface area contributed by atoms with Crippen LogP contribution in [0.5, 0.6) is 17.4 Å². The van der Waals surface area contributed by atoms with Crippen LogP contribution in [0.4, 0.5) is 5.82 Å². The fourth-order valence-corrected chi connectivity index (χ4v) is 4.07. The summed E-state index contributed by atoms with van der Waals surface area (Å²) in [5.74, 6) is 1.13. The highest BCUT2D eigenvalue weighted by Crippen LogP contribution is 2.31. The number of para-hydroxylation sites is 2. The van der Waals surface area contributed by atoms with Crippen molar-refractivity contribution in [2.24, 2.45) is 0 Å². The average molecular weight is 500 g/mol. The molecule has 158 valence electrons. The van der Waals surface area contributed by atoms with Gasteiger partial charge in [-0.15, -0.1) is 0 Å². The molecule has 0 saturated heterocycles. The van der Waals surface area contributed by atoms with E-state index in [1.54, 1.807) is 42.5 Å². The number of nitrogens with zero attached hydrogens (tertiary/aromatic N) is 2. The summed E-state index contributed by atoms with van der Waals surface area (Å²) in [5.41, 5.74) is 1.12. The summed E-state index contributed by atoms with van der Waals surface area (Å²) in [5, 5.41) is 0. The number of rotatable bonds is 7. The Bertz CT molecular complexity index is 1310. The van der Waals surface area contributed by atoms with Crippen LogP contribution in [0.15, 0.2) is 82.2 Å². The van der Waals surface area contributed by atoms with Gasteiger partial charge in [0.05, 0.1) is 22.5 Å². The van der Waals surface area contributed by atoms with E-state index in [0.717, 1.165) is 4.47 Å². The van der Waals surface area contributed by atoms with Crippen molar-refractivity contribution in [3.63, 3.8) is 0 Å². The van der Waals surface area contributed by atoms with Gasteiger partial charge in [0.15, 0.2) is 0 Å². The van der Waals surface area contributed by atoms with Crippen molar-refractivity contribution in [3.05, 3.63) is 77.3 Å². The van der Waals surface area contributed by atoms with Crippen molar-refractivity contribution in [1.29, 1.82) is 0 Å². The van der Waals surface area contributed by atoms with Crippen molar-refractivity contribution in [2.45, 2.75) is 11.8 Å². The smallest absolute Gasteiger partial charge is 0.264 e. The molecule has 0 aliphatic rings. The number of hydrogen-bond donors (Lipinski definition) is 1. The summed E-state index contributed by atoms with van der Waals surface area (Å²) >= 11 is 3.37. The molecule has 1 N–H and O–H groups in total. The average Bonchev–Trinajstić information content (AvgIpc) is 2.76. The summed E-state index contributed by atoms with van der Waals surface area (Å²) in [6.07, 6.45) is 0. The van der Waals surface area contributed by atoms with Crippen molar-refractivity contribution in [2.75, 3.05) is 11.3 Å². The van der Waals surface area contributed by atoms with Gasteiger partial charge in [-0.05, 0) is 67.6 Å². The summed E-state index contributed by atoms with van der Waals surface area (Å²) in [6, 6.07) is 20.4. The van der Waals surface area contributed by atoms with Gasteiger partial charge in [-0.2, -0.15) is 0 Å². The van der Waals surface area contributed by atoms with Gasteiger partial charge in [0, 0.05) is 4.47 Å². The summed E-state index contributed by atoms with van der Waals surface area (Å²) in [4.78, 5) is 8.97. The maximum absolute atomic E-state index is 13.0. The Morgan fingerprint density at radius 3 is 2.13 bits per heavy atom. The number of fused-ring (bicyclic) bond motifs is 1. The Labute approximate surface area is 188 Å². The van der Waals surface area contributed by atoms with Gasteiger partial charge in [0.25, 0.3) is 15.9 Å². The van der Waals surface area contributed by atoms with Crippen LogP contribution in [-0.2, 0) is 10.0 Å². The van der Waals surface area contributed by atoms with Gasteiger partial charge in [-0.3, -0.25) is 4.72 Å². The van der Waals surface area contributed by atoms with Crippen LogP contribution in [0.3, 0.4) is 0 Å². The zero-order valence-electron chi connectivity index (χ0n) is 16.4. The number of halogens is 1. The molecule has 1 heterocycles. The highest BCUT2D eigenvalue weighted by molar-refractivity contribution is 9.10. The Kier molecular flexibility index (Phi) is 6.06. The highest BCUT2D eigenvalue weighted by atomic mass is 79.9. The number of nitrogens with one attached hydrogen (secondary N) is 1. The molecule has 1 aromatic heterocycles. The van der Waals surface area contributed by atoms with Crippen LogP contribution in [0.2, 0.25) is 0 Å². The van der Waals surface area contributed by atoms with E-state index in [2.05, 4.69) is 30.6 Å². The molecule has 9 heteroatoms. The molecule has 0 aliphatic heterocycles. The third-order valence-electron chi connectivity index (χ3n) is 4.24. The van der Waals surface area contributed by atoms with E-state index in [0.29, 0.717) is 29.1 Å². The zero-order valence-corrected chi connectivity index (χ0v) is 18.9. The summed E-state index contributed by atoms with van der Waals surface area (Å²) in [7, 11) is -3.93. The van der Waals surface area contributed by atoms with E-state index in [1.165, 1.54) is 12.1 Å². The fraction of sp³-hybridized carbons (Fsp3) is 0.0909. The van der Waals surface area contributed by atoms with E-state index in [1.807, 2.05) is 25.1 Å². The first-order valence-electron chi connectivity index (χ1n) is 9.40. The Morgan fingerprint density at radius 1 is 0.871 bits per heavy atom. The molecule has 0 bridgehead atoms. The second-order valence-corrected chi connectivity index (χ2v) is 9.03. The van der Waals surface area contributed by atoms with E-state index >= 15 is 0 Å². The lowest BCUT2D eigenvalue weighted by Crippen LogP contribution is -2.15. The molecule has 4 rings (SSSR count). The molecule has 0 radical (unpaired) electrons. The normalized spacial score (nSPS) is 11.3. The molecule has 4 aromatic rings. The summed E-state index contributed by atoms with van der Waals surface area (Å²) < 4.78 is 40.6. The van der Waals surface area contributed by atoms with Crippen LogP contribution >= 0.6 is 15.9 Å². The molecule has 3 aromatic carbocycles. The van der Waals surface area contributed by atoms with Crippen LogP contribution < -0.4 is 14.2 Å². The van der Waals surface area contributed by atoms with E-state index < -0.39 is 10.0 Å². The van der Waals surface area contributed by atoms with E-state index in [9.17, 15) is 8.42 Å². The molecule has 0 saturated carbocycles. The number of sulfonamides is 1. The fourth-order valence-electron chi connectivity index (χ4n) is 2.80. The quantitative estimate of drug-likeness (QED) is 0.366. The molecule has 0 aliphatic carbocycles. The largest absolute Gasteiger partial charge is 0.494 e. The lowest BCUT2D eigenvalue weighted by Gasteiger charge is -2.13. The SMILES string of the molecule is CCOc1ccc(S(=O)(=O)Nc2nc3ccccc3nc2Oc2ccc(Br)cc2)cc1. The second-order valence-electron chi connectivity index (χ2n) is 6.43. The maximum atomic E-state index is 13.0. The number of ether oxygens (including phenoxy) is 2. The molecule has 31 heavy (non-hydrogen) atoms. The second kappa shape index (κ2) is 8.91. The van der Waals surface area contributed by atoms with Crippen molar-refractivity contribution in [1.82, 2.24) is 9.97 Å². The van der Waals surface area contributed by atoms with Gasteiger partial charge in [-0.25, -0.2) is 18.4 Å². The molecule has 0 spiro atoms. The van der Waals surface area contributed by atoms with Crippen molar-refractivity contribution >= 4 is 42.8 Å².